The van der Waals surface area contributed by atoms with Crippen LogP contribution in [0.1, 0.15) is 24.3 Å². The summed E-state index contributed by atoms with van der Waals surface area (Å²) in [5.41, 5.74) is 5.97. The Kier molecular flexibility index (Phi) is 2.08. The molecule has 0 saturated heterocycles. The molecule has 0 aromatic carbocycles. The number of carbonyl (C=O) groups excluding carboxylic acids is 1. The van der Waals surface area contributed by atoms with Crippen LogP contribution in [0.4, 0.5) is 5.69 Å². The van der Waals surface area contributed by atoms with E-state index in [2.05, 4.69) is 0 Å². The number of aromatic nitrogens is 1. The molecule has 3 N–H and O–H groups in total. The van der Waals surface area contributed by atoms with Crippen LogP contribution in [0.3, 0.4) is 0 Å². The molecule has 4 nitrogen and oxygen atoms in total. The predicted molar refractivity (Wildman–Crippen MR) is 46.2 cm³/mol. The highest BCUT2D eigenvalue weighted by atomic mass is 16.3. The van der Waals surface area contributed by atoms with Gasteiger partial charge in [0.25, 0.3) is 0 Å². The van der Waals surface area contributed by atoms with Crippen molar-refractivity contribution in [3.05, 3.63) is 11.9 Å². The molecule has 0 fully saturated rings. The van der Waals surface area contributed by atoms with Crippen molar-refractivity contribution >= 4 is 11.5 Å². The number of aryl methyl sites for hydroxylation is 1. The molecule has 0 aliphatic heterocycles. The number of anilines is 1. The minimum atomic E-state index is -0.175. The summed E-state index contributed by atoms with van der Waals surface area (Å²) in [6.07, 6.45) is 1.56. The van der Waals surface area contributed by atoms with Crippen LogP contribution < -0.4 is 5.73 Å². The fourth-order valence-corrected chi connectivity index (χ4v) is 1.18. The van der Waals surface area contributed by atoms with Gasteiger partial charge in [-0.2, -0.15) is 0 Å². The van der Waals surface area contributed by atoms with Crippen LogP contribution in [-0.4, -0.2) is 15.5 Å². The summed E-state index contributed by atoms with van der Waals surface area (Å²) in [5, 5.41) is 9.35. The van der Waals surface area contributed by atoms with Gasteiger partial charge in [-0.05, 0) is 6.92 Å². The van der Waals surface area contributed by atoms with E-state index in [-0.39, 0.29) is 22.9 Å². The lowest BCUT2D eigenvalue weighted by Crippen LogP contribution is -2.03. The van der Waals surface area contributed by atoms with Gasteiger partial charge in [0.2, 0.25) is 0 Å². The summed E-state index contributed by atoms with van der Waals surface area (Å²) >= 11 is 0. The van der Waals surface area contributed by atoms with Crippen molar-refractivity contribution in [2.75, 3.05) is 5.73 Å². The average Bonchev–Trinajstić information content (AvgIpc) is 2.28. The fourth-order valence-electron chi connectivity index (χ4n) is 1.18. The minimum Gasteiger partial charge on any atom is -0.504 e. The number of rotatable bonds is 2. The Balaban J connectivity index is 3.31. The Morgan fingerprint density at radius 2 is 2.33 bits per heavy atom. The predicted octanol–water partition coefficient (Wildman–Crippen LogP) is 0.998. The first kappa shape index (κ1) is 8.64. The number of carbonyl (C=O) groups is 1. The minimum absolute atomic E-state index is 0.107. The zero-order valence-electron chi connectivity index (χ0n) is 7.16. The quantitative estimate of drug-likeness (QED) is 0.647. The van der Waals surface area contributed by atoms with Crippen molar-refractivity contribution in [2.24, 2.45) is 0 Å². The second kappa shape index (κ2) is 2.89. The molecule has 1 heterocycles. The standard InChI is InChI=1S/C8H12N2O2/c1-3-10-4-6(9)8(12)7(10)5(2)11/h4,12H,3,9H2,1-2H3. The molecule has 66 valence electrons. The van der Waals surface area contributed by atoms with Gasteiger partial charge in [0, 0.05) is 19.7 Å². The van der Waals surface area contributed by atoms with Crippen molar-refractivity contribution < 1.29 is 9.90 Å². The monoisotopic (exact) mass is 168 g/mol. The highest BCUT2D eigenvalue weighted by Gasteiger charge is 2.15. The fraction of sp³-hybridized carbons (Fsp3) is 0.375. The molecule has 4 heteroatoms. The molecule has 0 saturated carbocycles. The van der Waals surface area contributed by atoms with Gasteiger partial charge < -0.3 is 15.4 Å². The van der Waals surface area contributed by atoms with Gasteiger partial charge in [0.15, 0.2) is 11.5 Å². The highest BCUT2D eigenvalue weighted by molar-refractivity contribution is 5.97. The van der Waals surface area contributed by atoms with Gasteiger partial charge in [-0.15, -0.1) is 0 Å². The SMILES string of the molecule is CCn1cc(N)c(O)c1C(C)=O. The lowest BCUT2D eigenvalue weighted by Gasteiger charge is -2.01. The first-order valence-electron chi connectivity index (χ1n) is 3.76. The number of nitrogens with zero attached hydrogens (tertiary/aromatic N) is 1. The van der Waals surface area contributed by atoms with Gasteiger partial charge in [-0.3, -0.25) is 4.79 Å². The Morgan fingerprint density at radius 3 is 2.67 bits per heavy atom. The lowest BCUT2D eigenvalue weighted by molar-refractivity contribution is 0.100. The zero-order chi connectivity index (χ0) is 9.30. The molecule has 0 unspecified atom stereocenters. The van der Waals surface area contributed by atoms with Crippen LogP contribution in [0, 0.1) is 0 Å². The molecule has 12 heavy (non-hydrogen) atoms. The highest BCUT2D eigenvalue weighted by Crippen LogP contribution is 2.27. The number of nitrogen functional groups attached to an aromatic ring is 1. The van der Waals surface area contributed by atoms with Crippen LogP contribution in [0.15, 0.2) is 6.20 Å². The van der Waals surface area contributed by atoms with Gasteiger partial charge in [0.1, 0.15) is 5.69 Å². The van der Waals surface area contributed by atoms with Crippen molar-refractivity contribution in [1.82, 2.24) is 4.57 Å². The largest absolute Gasteiger partial charge is 0.504 e. The molecule has 0 bridgehead atoms. The summed E-state index contributed by atoms with van der Waals surface area (Å²) in [6.45, 7) is 3.91. The first-order chi connectivity index (χ1) is 5.57. The second-order valence-corrected chi connectivity index (χ2v) is 2.62. The second-order valence-electron chi connectivity index (χ2n) is 2.62. The van der Waals surface area contributed by atoms with Crippen molar-refractivity contribution in [3.8, 4) is 5.75 Å². The number of hydrogen-bond donors (Lipinski definition) is 2. The molecule has 0 radical (unpaired) electrons. The maximum Gasteiger partial charge on any atom is 0.180 e. The molecule has 0 spiro atoms. The van der Waals surface area contributed by atoms with Crippen LogP contribution in [0.5, 0.6) is 5.75 Å². The van der Waals surface area contributed by atoms with Gasteiger partial charge in [0.05, 0.1) is 5.69 Å². The van der Waals surface area contributed by atoms with E-state index in [1.807, 2.05) is 6.92 Å². The van der Waals surface area contributed by atoms with E-state index in [1.165, 1.54) is 6.92 Å². The van der Waals surface area contributed by atoms with E-state index in [4.69, 9.17) is 5.73 Å². The Morgan fingerprint density at radius 1 is 1.75 bits per heavy atom. The Bertz CT molecular complexity index is 315. The van der Waals surface area contributed by atoms with Crippen LogP contribution in [-0.2, 0) is 6.54 Å². The lowest BCUT2D eigenvalue weighted by atomic mass is 10.3. The van der Waals surface area contributed by atoms with Crippen LogP contribution in [0.2, 0.25) is 0 Å². The van der Waals surface area contributed by atoms with Crippen molar-refractivity contribution in [2.45, 2.75) is 20.4 Å². The third kappa shape index (κ3) is 1.15. The zero-order valence-corrected chi connectivity index (χ0v) is 7.16. The van der Waals surface area contributed by atoms with E-state index in [1.54, 1.807) is 10.8 Å². The molecule has 1 aromatic heterocycles. The number of ketones is 1. The summed E-state index contributed by atoms with van der Waals surface area (Å²) in [7, 11) is 0. The molecule has 0 amide bonds. The van der Waals surface area contributed by atoms with Gasteiger partial charge in [-0.25, -0.2) is 0 Å². The molecular formula is C8H12N2O2. The van der Waals surface area contributed by atoms with E-state index in [0.29, 0.717) is 6.54 Å². The Labute approximate surface area is 70.6 Å². The summed E-state index contributed by atoms with van der Waals surface area (Å²) in [5.74, 6) is -0.282. The van der Waals surface area contributed by atoms with Crippen LogP contribution in [0.25, 0.3) is 0 Å². The van der Waals surface area contributed by atoms with Gasteiger partial charge >= 0.3 is 0 Å². The maximum absolute atomic E-state index is 11.0. The number of aromatic hydroxyl groups is 1. The smallest absolute Gasteiger partial charge is 0.180 e. The summed E-state index contributed by atoms with van der Waals surface area (Å²) < 4.78 is 1.63. The molecule has 0 aliphatic carbocycles. The molecular weight excluding hydrogens is 156 g/mol. The van der Waals surface area contributed by atoms with E-state index in [9.17, 15) is 9.90 Å². The van der Waals surface area contributed by atoms with E-state index in [0.717, 1.165) is 0 Å². The third-order valence-electron chi connectivity index (χ3n) is 1.75. The van der Waals surface area contributed by atoms with Crippen molar-refractivity contribution in [1.29, 1.82) is 0 Å². The molecule has 0 atom stereocenters. The number of Topliss-reactive ketones (excluding diaryl/α,β-unsaturated/α-hetero) is 1. The molecule has 0 aliphatic rings. The normalized spacial score (nSPS) is 10.2. The maximum atomic E-state index is 11.0. The molecule has 1 aromatic rings. The average molecular weight is 168 g/mol. The first-order valence-corrected chi connectivity index (χ1v) is 3.76. The van der Waals surface area contributed by atoms with Crippen molar-refractivity contribution in [3.63, 3.8) is 0 Å². The summed E-state index contributed by atoms with van der Waals surface area (Å²) in [6, 6.07) is 0. The Hall–Kier alpha value is -1.45. The topological polar surface area (TPSA) is 68.2 Å². The number of nitrogens with two attached hydrogens (primary N) is 1. The van der Waals surface area contributed by atoms with E-state index < -0.39 is 0 Å². The molecule has 1 rings (SSSR count). The van der Waals surface area contributed by atoms with Crippen LogP contribution >= 0.6 is 0 Å². The van der Waals surface area contributed by atoms with Gasteiger partial charge in [-0.1, -0.05) is 0 Å². The number of hydrogen-bond acceptors (Lipinski definition) is 3. The summed E-state index contributed by atoms with van der Waals surface area (Å²) in [4.78, 5) is 11.0. The third-order valence-corrected chi connectivity index (χ3v) is 1.75. The van der Waals surface area contributed by atoms with E-state index >= 15 is 0 Å².